The summed E-state index contributed by atoms with van der Waals surface area (Å²) in [6, 6.07) is 9.50. The molecule has 3 N–H and O–H groups in total. The number of rotatable bonds is 6. The van der Waals surface area contributed by atoms with E-state index in [2.05, 4.69) is 10.5 Å². The summed E-state index contributed by atoms with van der Waals surface area (Å²) in [5.41, 5.74) is 6.75. The molecule has 2 aliphatic rings. The van der Waals surface area contributed by atoms with E-state index in [4.69, 9.17) is 10.6 Å². The second-order valence-electron chi connectivity index (χ2n) is 6.90. The lowest BCUT2D eigenvalue weighted by atomic mass is 9.82. The maximum atomic E-state index is 12.6. The Hall–Kier alpha value is -2.37. The number of carbonyl (C=O) groups is 2. The van der Waals surface area contributed by atoms with Crippen molar-refractivity contribution < 1.29 is 14.4 Å². The molecule has 6 nitrogen and oxygen atoms in total. The van der Waals surface area contributed by atoms with Crippen molar-refractivity contribution in [2.45, 2.75) is 57.1 Å². The number of amides is 2. The first kappa shape index (κ1) is 17.5. The highest BCUT2D eigenvalue weighted by molar-refractivity contribution is 6.39. The van der Waals surface area contributed by atoms with Gasteiger partial charge in [-0.2, -0.15) is 0 Å². The molecule has 1 heterocycles. The molecule has 0 aromatic heterocycles. The summed E-state index contributed by atoms with van der Waals surface area (Å²) >= 11 is 0. The van der Waals surface area contributed by atoms with Crippen LogP contribution >= 0.6 is 0 Å². The van der Waals surface area contributed by atoms with E-state index in [-0.39, 0.29) is 30.4 Å². The first-order valence-electron chi connectivity index (χ1n) is 9.00. The number of benzene rings is 1. The van der Waals surface area contributed by atoms with Gasteiger partial charge in [-0.1, -0.05) is 54.8 Å². The Balaban J connectivity index is 1.60. The van der Waals surface area contributed by atoms with Crippen molar-refractivity contribution in [2.24, 2.45) is 16.8 Å². The molecule has 1 aliphatic heterocycles. The Kier molecular flexibility index (Phi) is 5.68. The Morgan fingerprint density at radius 1 is 1.20 bits per heavy atom. The second-order valence-corrected chi connectivity index (χ2v) is 6.90. The molecular formula is C19H25N3O3. The fraction of sp³-hybridized carbons (Fsp3) is 0.526. The number of nitrogens with two attached hydrogens (primary N) is 1. The van der Waals surface area contributed by atoms with E-state index in [1.165, 1.54) is 6.42 Å². The predicted octanol–water partition coefficient (Wildman–Crippen LogP) is 2.44. The minimum absolute atomic E-state index is 0.173. The SMILES string of the molecule is NC(=O)C[C@H](NC(=O)C1=NO[C@@H](c2ccccc2)C1)C1CCCCC1. The van der Waals surface area contributed by atoms with E-state index in [1.807, 2.05) is 30.3 Å². The number of nitrogens with zero attached hydrogens (tertiary/aromatic N) is 1. The van der Waals surface area contributed by atoms with Crippen LogP contribution in [0.2, 0.25) is 0 Å². The lowest BCUT2D eigenvalue weighted by Crippen LogP contribution is -2.45. The van der Waals surface area contributed by atoms with E-state index in [9.17, 15) is 9.59 Å². The molecule has 1 aliphatic carbocycles. The van der Waals surface area contributed by atoms with E-state index >= 15 is 0 Å². The summed E-state index contributed by atoms with van der Waals surface area (Å²) in [7, 11) is 0. The Morgan fingerprint density at radius 2 is 1.92 bits per heavy atom. The summed E-state index contributed by atoms with van der Waals surface area (Å²) < 4.78 is 0. The Labute approximate surface area is 147 Å². The molecule has 1 fully saturated rings. The Bertz CT molecular complexity index is 639. The van der Waals surface area contributed by atoms with Crippen molar-refractivity contribution >= 4 is 17.5 Å². The lowest BCUT2D eigenvalue weighted by molar-refractivity contribution is -0.120. The molecule has 6 heteroatoms. The molecule has 2 amide bonds. The number of hydrogen-bond donors (Lipinski definition) is 2. The van der Waals surface area contributed by atoms with Crippen LogP contribution in [-0.4, -0.2) is 23.6 Å². The van der Waals surface area contributed by atoms with E-state index in [0.29, 0.717) is 18.1 Å². The molecule has 0 saturated heterocycles. The van der Waals surface area contributed by atoms with Crippen molar-refractivity contribution in [3.63, 3.8) is 0 Å². The molecule has 2 atom stereocenters. The van der Waals surface area contributed by atoms with Crippen molar-refractivity contribution in [3.05, 3.63) is 35.9 Å². The molecule has 0 bridgehead atoms. The number of oxime groups is 1. The number of hydrogen-bond acceptors (Lipinski definition) is 4. The van der Waals surface area contributed by atoms with Crippen LogP contribution in [0.5, 0.6) is 0 Å². The minimum atomic E-state index is -0.386. The van der Waals surface area contributed by atoms with Crippen molar-refractivity contribution in [1.29, 1.82) is 0 Å². The topological polar surface area (TPSA) is 93.8 Å². The van der Waals surface area contributed by atoms with Gasteiger partial charge in [-0.15, -0.1) is 0 Å². The smallest absolute Gasteiger partial charge is 0.269 e. The maximum Gasteiger partial charge on any atom is 0.269 e. The van der Waals surface area contributed by atoms with Gasteiger partial charge in [0, 0.05) is 18.9 Å². The second kappa shape index (κ2) is 8.14. The van der Waals surface area contributed by atoms with Crippen LogP contribution in [0.1, 0.15) is 56.6 Å². The molecule has 1 saturated carbocycles. The highest BCUT2D eigenvalue weighted by Crippen LogP contribution is 2.29. The first-order chi connectivity index (χ1) is 12.1. The third-order valence-corrected chi connectivity index (χ3v) is 5.06. The van der Waals surface area contributed by atoms with Gasteiger partial charge in [0.15, 0.2) is 6.10 Å². The van der Waals surface area contributed by atoms with Gasteiger partial charge in [0.1, 0.15) is 5.71 Å². The van der Waals surface area contributed by atoms with Crippen molar-refractivity contribution in [3.8, 4) is 0 Å². The van der Waals surface area contributed by atoms with Gasteiger partial charge >= 0.3 is 0 Å². The van der Waals surface area contributed by atoms with Crippen LogP contribution in [-0.2, 0) is 14.4 Å². The molecule has 3 rings (SSSR count). The molecule has 134 valence electrons. The molecule has 1 aromatic carbocycles. The molecule has 25 heavy (non-hydrogen) atoms. The first-order valence-corrected chi connectivity index (χ1v) is 9.00. The lowest BCUT2D eigenvalue weighted by Gasteiger charge is -2.30. The van der Waals surface area contributed by atoms with Crippen LogP contribution in [0.25, 0.3) is 0 Å². The number of primary amides is 1. The summed E-state index contributed by atoms with van der Waals surface area (Å²) in [6.07, 6.45) is 5.91. The molecule has 1 aromatic rings. The molecular weight excluding hydrogens is 318 g/mol. The average molecular weight is 343 g/mol. The summed E-state index contributed by atoms with van der Waals surface area (Å²) in [5.74, 6) is -0.337. The predicted molar refractivity (Wildman–Crippen MR) is 94.6 cm³/mol. The molecule has 0 radical (unpaired) electrons. The minimum Gasteiger partial charge on any atom is -0.387 e. The summed E-state index contributed by atoms with van der Waals surface area (Å²) in [5, 5.41) is 6.94. The van der Waals surface area contributed by atoms with Crippen LogP contribution in [0.15, 0.2) is 35.5 Å². The number of nitrogens with one attached hydrogen (secondary N) is 1. The zero-order valence-electron chi connectivity index (χ0n) is 14.3. The number of carbonyl (C=O) groups excluding carboxylic acids is 2. The van der Waals surface area contributed by atoms with Gasteiger partial charge in [0.2, 0.25) is 5.91 Å². The third kappa shape index (κ3) is 4.59. The monoisotopic (exact) mass is 343 g/mol. The van der Waals surface area contributed by atoms with Gasteiger partial charge in [-0.3, -0.25) is 9.59 Å². The van der Waals surface area contributed by atoms with Gasteiger partial charge in [-0.25, -0.2) is 0 Å². The molecule has 0 spiro atoms. The highest BCUT2D eigenvalue weighted by Gasteiger charge is 2.31. The molecule has 0 unspecified atom stereocenters. The zero-order chi connectivity index (χ0) is 17.6. The van der Waals surface area contributed by atoms with E-state index < -0.39 is 0 Å². The van der Waals surface area contributed by atoms with Gasteiger partial charge in [0.25, 0.3) is 5.91 Å². The van der Waals surface area contributed by atoms with Gasteiger partial charge in [-0.05, 0) is 24.3 Å². The fourth-order valence-corrected chi connectivity index (χ4v) is 3.70. The normalized spacial score (nSPS) is 21.9. The van der Waals surface area contributed by atoms with Crippen LogP contribution in [0.4, 0.5) is 0 Å². The van der Waals surface area contributed by atoms with E-state index in [1.54, 1.807) is 0 Å². The van der Waals surface area contributed by atoms with Gasteiger partial charge in [0.05, 0.1) is 0 Å². The third-order valence-electron chi connectivity index (χ3n) is 5.06. The van der Waals surface area contributed by atoms with Crippen LogP contribution in [0.3, 0.4) is 0 Å². The summed E-state index contributed by atoms with van der Waals surface area (Å²) in [4.78, 5) is 29.4. The zero-order valence-corrected chi connectivity index (χ0v) is 14.3. The average Bonchev–Trinajstić information content (AvgIpc) is 3.12. The largest absolute Gasteiger partial charge is 0.387 e. The standard InChI is InChI=1S/C19H25N3O3/c20-18(23)12-15(13-7-3-1-4-8-13)21-19(24)16-11-17(25-22-16)14-9-5-2-6-10-14/h2,5-6,9-10,13,15,17H,1,3-4,7-8,11-12H2,(H2,20,23)(H,21,24)/t15-,17+/m0/s1. The maximum absolute atomic E-state index is 12.6. The van der Waals surface area contributed by atoms with Gasteiger partial charge < -0.3 is 15.9 Å². The van der Waals surface area contributed by atoms with Crippen LogP contribution in [0, 0.1) is 5.92 Å². The quantitative estimate of drug-likeness (QED) is 0.830. The Morgan fingerprint density at radius 3 is 2.60 bits per heavy atom. The van der Waals surface area contributed by atoms with E-state index in [0.717, 1.165) is 31.2 Å². The highest BCUT2D eigenvalue weighted by atomic mass is 16.6. The van der Waals surface area contributed by atoms with Crippen molar-refractivity contribution in [2.75, 3.05) is 0 Å². The summed E-state index contributed by atoms with van der Waals surface area (Å²) in [6.45, 7) is 0. The van der Waals surface area contributed by atoms with Crippen LogP contribution < -0.4 is 11.1 Å². The fourth-order valence-electron chi connectivity index (χ4n) is 3.70. The van der Waals surface area contributed by atoms with Crippen molar-refractivity contribution in [1.82, 2.24) is 5.32 Å².